The molecule has 0 radical (unpaired) electrons. The Morgan fingerprint density at radius 1 is 1.12 bits per heavy atom. The van der Waals surface area contributed by atoms with Crippen molar-refractivity contribution in [1.82, 2.24) is 19.6 Å². The number of phenolic OH excluding ortho intramolecular Hbond substituents is 1. The van der Waals surface area contributed by atoms with Gasteiger partial charge in [-0.1, -0.05) is 12.6 Å². The lowest BCUT2D eigenvalue weighted by Gasteiger charge is -2.38. The molecular formula is C29H27F4N5O3. The van der Waals surface area contributed by atoms with Crippen LogP contribution in [0.5, 0.6) is 5.75 Å². The molecule has 1 saturated carbocycles. The van der Waals surface area contributed by atoms with Crippen LogP contribution in [0.25, 0.3) is 5.69 Å². The quantitative estimate of drug-likeness (QED) is 0.274. The van der Waals surface area contributed by atoms with E-state index < -0.39 is 40.8 Å². The van der Waals surface area contributed by atoms with Gasteiger partial charge in [-0.25, -0.2) is 9.07 Å². The van der Waals surface area contributed by atoms with E-state index in [1.54, 1.807) is 10.7 Å². The number of amides is 2. The maximum atomic E-state index is 14.7. The number of rotatable bonds is 4. The molecule has 214 valence electrons. The smallest absolute Gasteiger partial charge is 0.419 e. The first-order valence-corrected chi connectivity index (χ1v) is 13.3. The number of nitrogen functional groups attached to an aromatic ring is 1. The van der Waals surface area contributed by atoms with E-state index in [2.05, 4.69) is 6.58 Å². The molecule has 6 rings (SSSR count). The lowest BCUT2D eigenvalue weighted by Crippen LogP contribution is -2.46. The fourth-order valence-corrected chi connectivity index (χ4v) is 5.91. The summed E-state index contributed by atoms with van der Waals surface area (Å²) in [6, 6.07) is 6.18. The normalized spacial score (nSPS) is 18.6. The Kier molecular flexibility index (Phi) is 6.31. The van der Waals surface area contributed by atoms with E-state index in [0.29, 0.717) is 41.8 Å². The minimum atomic E-state index is -4.97. The fourth-order valence-electron chi connectivity index (χ4n) is 5.91. The number of alkyl halides is 3. The van der Waals surface area contributed by atoms with Gasteiger partial charge in [-0.2, -0.15) is 18.3 Å². The molecule has 2 aromatic carbocycles. The number of halogens is 4. The molecule has 0 bridgehead atoms. The molecule has 0 unspecified atom stereocenters. The Morgan fingerprint density at radius 3 is 2.54 bits per heavy atom. The van der Waals surface area contributed by atoms with Crippen molar-refractivity contribution < 1.29 is 32.3 Å². The molecule has 1 atom stereocenters. The summed E-state index contributed by atoms with van der Waals surface area (Å²) in [5.41, 5.74) is 6.51. The molecule has 3 aromatic rings. The van der Waals surface area contributed by atoms with Gasteiger partial charge < -0.3 is 20.6 Å². The van der Waals surface area contributed by atoms with Crippen molar-refractivity contribution in [2.45, 2.75) is 43.8 Å². The summed E-state index contributed by atoms with van der Waals surface area (Å²) in [6.07, 6.45) is -0.975. The molecule has 3 heterocycles. The second kappa shape index (κ2) is 9.64. The first kappa shape index (κ1) is 26.9. The van der Waals surface area contributed by atoms with Gasteiger partial charge in [-0.15, -0.1) is 0 Å². The van der Waals surface area contributed by atoms with Crippen LogP contribution in [0.1, 0.15) is 63.2 Å². The summed E-state index contributed by atoms with van der Waals surface area (Å²) in [6.45, 7) is 4.01. The Hall–Kier alpha value is -4.35. The minimum Gasteiger partial charge on any atom is -0.506 e. The largest absolute Gasteiger partial charge is 0.506 e. The lowest BCUT2D eigenvalue weighted by molar-refractivity contribution is -0.139. The van der Waals surface area contributed by atoms with Gasteiger partial charge in [-0.3, -0.25) is 9.59 Å². The van der Waals surface area contributed by atoms with Crippen LogP contribution in [0.15, 0.2) is 43.0 Å². The molecule has 3 aliphatic rings. The van der Waals surface area contributed by atoms with E-state index in [-0.39, 0.29) is 31.3 Å². The summed E-state index contributed by atoms with van der Waals surface area (Å²) >= 11 is 0. The zero-order chi connectivity index (χ0) is 29.2. The van der Waals surface area contributed by atoms with Gasteiger partial charge in [0.15, 0.2) is 5.82 Å². The maximum absolute atomic E-state index is 14.7. The Balaban J connectivity index is 1.42. The Morgan fingerprint density at radius 2 is 1.88 bits per heavy atom. The third-order valence-corrected chi connectivity index (χ3v) is 8.15. The van der Waals surface area contributed by atoms with Gasteiger partial charge in [0, 0.05) is 38.0 Å². The number of nitrogens with two attached hydrogens (primary N) is 1. The number of carbonyl (C=O) groups excluding carboxylic acids is 2. The van der Waals surface area contributed by atoms with Gasteiger partial charge >= 0.3 is 6.18 Å². The molecule has 2 aliphatic heterocycles. The van der Waals surface area contributed by atoms with Gasteiger partial charge in [0.2, 0.25) is 5.91 Å². The van der Waals surface area contributed by atoms with Crippen molar-refractivity contribution in [1.29, 1.82) is 0 Å². The number of anilines is 1. The topological polar surface area (TPSA) is 105 Å². The monoisotopic (exact) mass is 569 g/mol. The number of hydrogen-bond donors (Lipinski definition) is 2. The van der Waals surface area contributed by atoms with Crippen LogP contribution in [-0.4, -0.2) is 56.1 Å². The highest BCUT2D eigenvalue weighted by Crippen LogP contribution is 2.43. The van der Waals surface area contributed by atoms with E-state index in [1.807, 2.05) is 12.1 Å². The van der Waals surface area contributed by atoms with Crippen LogP contribution in [-0.2, 0) is 23.8 Å². The Labute approximate surface area is 232 Å². The van der Waals surface area contributed by atoms with Crippen molar-refractivity contribution in [2.24, 2.45) is 0 Å². The average Bonchev–Trinajstić information content (AvgIpc) is 3.74. The number of nitrogens with zero attached hydrogens (tertiary/aromatic N) is 4. The van der Waals surface area contributed by atoms with Gasteiger partial charge in [0.1, 0.15) is 11.4 Å². The van der Waals surface area contributed by atoms with Crippen molar-refractivity contribution in [3.63, 3.8) is 0 Å². The van der Waals surface area contributed by atoms with E-state index in [1.165, 1.54) is 15.9 Å². The molecule has 1 aromatic heterocycles. The standard InChI is InChI=1S/C29H27F4N5O3/c1-2-24(40)36-11-9-19-25-21(38(35-19)20-8-5-16(13-23(20)39)15-3-4-15)10-12-37(22(25)14-36)28(41)17-6-7-18(29(31,32)33)26(30)27(17)34/h2,5-8,13,15,22,39H,1,3-4,9-12,14,34H2/t22-/m0/s1. The average molecular weight is 570 g/mol. The van der Waals surface area contributed by atoms with E-state index in [4.69, 9.17) is 10.8 Å². The molecule has 8 nitrogen and oxygen atoms in total. The van der Waals surface area contributed by atoms with Crippen molar-refractivity contribution in [2.75, 3.05) is 25.4 Å². The molecule has 0 spiro atoms. The van der Waals surface area contributed by atoms with Crippen molar-refractivity contribution >= 4 is 17.5 Å². The van der Waals surface area contributed by atoms with E-state index in [9.17, 15) is 32.3 Å². The molecule has 3 N–H and O–H groups in total. The summed E-state index contributed by atoms with van der Waals surface area (Å²) in [5.74, 6) is -2.29. The van der Waals surface area contributed by atoms with E-state index >= 15 is 0 Å². The Bertz CT molecular complexity index is 1590. The molecule has 41 heavy (non-hydrogen) atoms. The fraction of sp³-hybridized carbons (Fsp3) is 0.345. The van der Waals surface area contributed by atoms with Gasteiger partial charge in [-0.05, 0) is 54.7 Å². The third kappa shape index (κ3) is 4.51. The van der Waals surface area contributed by atoms with Gasteiger partial charge in [0.25, 0.3) is 5.91 Å². The van der Waals surface area contributed by atoms with Crippen LogP contribution in [0.3, 0.4) is 0 Å². The van der Waals surface area contributed by atoms with Crippen LogP contribution < -0.4 is 5.73 Å². The lowest BCUT2D eigenvalue weighted by atomic mass is 9.94. The predicted molar refractivity (Wildman–Crippen MR) is 141 cm³/mol. The summed E-state index contributed by atoms with van der Waals surface area (Å²) in [5, 5.41) is 15.7. The summed E-state index contributed by atoms with van der Waals surface area (Å²) < 4.78 is 56.0. The highest BCUT2D eigenvalue weighted by Gasteiger charge is 2.42. The third-order valence-electron chi connectivity index (χ3n) is 8.15. The zero-order valence-corrected chi connectivity index (χ0v) is 21.9. The maximum Gasteiger partial charge on any atom is 0.419 e. The summed E-state index contributed by atoms with van der Waals surface area (Å²) in [7, 11) is 0. The van der Waals surface area contributed by atoms with Crippen molar-refractivity contribution in [3.8, 4) is 11.4 Å². The number of carbonyl (C=O) groups is 2. The van der Waals surface area contributed by atoms with Crippen LogP contribution in [0, 0.1) is 5.82 Å². The summed E-state index contributed by atoms with van der Waals surface area (Å²) in [4.78, 5) is 29.3. The van der Waals surface area contributed by atoms with Crippen molar-refractivity contribution in [3.05, 3.63) is 82.4 Å². The molecule has 0 saturated heterocycles. The number of phenols is 1. The highest BCUT2D eigenvalue weighted by molar-refractivity contribution is 6.00. The van der Waals surface area contributed by atoms with E-state index in [0.717, 1.165) is 30.2 Å². The molecule has 12 heteroatoms. The SMILES string of the molecule is C=CC(=O)N1CCc2nn(-c3ccc(C4CC4)cc3O)c3c2[C@H](C1)N(C(=O)c1ccc(C(F)(F)F)c(F)c1N)CC3. The predicted octanol–water partition coefficient (Wildman–Crippen LogP) is 4.51. The molecule has 1 fully saturated rings. The first-order valence-electron chi connectivity index (χ1n) is 13.3. The van der Waals surface area contributed by atoms with Crippen LogP contribution in [0.2, 0.25) is 0 Å². The number of benzene rings is 2. The molecule has 1 aliphatic carbocycles. The second-order valence-corrected chi connectivity index (χ2v) is 10.6. The van der Waals surface area contributed by atoms with Crippen LogP contribution in [0.4, 0.5) is 23.2 Å². The highest BCUT2D eigenvalue weighted by atomic mass is 19.4. The number of aromatic hydroxyl groups is 1. The second-order valence-electron chi connectivity index (χ2n) is 10.6. The van der Waals surface area contributed by atoms with Gasteiger partial charge in [0.05, 0.1) is 34.2 Å². The number of hydrogen-bond acceptors (Lipinski definition) is 5. The van der Waals surface area contributed by atoms with Crippen LogP contribution >= 0.6 is 0 Å². The zero-order valence-electron chi connectivity index (χ0n) is 21.9. The molecular weight excluding hydrogens is 542 g/mol. The first-order chi connectivity index (χ1) is 19.5. The minimum absolute atomic E-state index is 0.0674. The number of aromatic nitrogens is 2. The molecule has 2 amide bonds.